The van der Waals surface area contributed by atoms with E-state index in [1.165, 1.54) is 24.3 Å². The molecule has 1 aromatic rings. The number of halogens is 3. The Hall–Kier alpha value is -0.670. The molecule has 0 radical (unpaired) electrons. The average molecular weight is 220 g/mol. The molecular weight excluding hydrogens is 208 g/mol. The highest BCUT2D eigenvalue weighted by Gasteiger charge is 2.32. The van der Waals surface area contributed by atoms with Gasteiger partial charge < -0.3 is 5.73 Å². The Balaban J connectivity index is 2.86. The molecule has 0 aliphatic rings. The van der Waals surface area contributed by atoms with Crippen molar-refractivity contribution < 1.29 is 8.78 Å². The van der Waals surface area contributed by atoms with E-state index < -0.39 is 12.0 Å². The third-order valence-electron chi connectivity index (χ3n) is 1.84. The van der Waals surface area contributed by atoms with Gasteiger partial charge >= 0.3 is 0 Å². The van der Waals surface area contributed by atoms with E-state index in [0.717, 1.165) is 0 Å². The van der Waals surface area contributed by atoms with Gasteiger partial charge in [0.15, 0.2) is 0 Å². The van der Waals surface area contributed by atoms with Crippen molar-refractivity contribution in [3.63, 3.8) is 0 Å². The van der Waals surface area contributed by atoms with Crippen LogP contribution in [0.4, 0.5) is 8.78 Å². The summed E-state index contributed by atoms with van der Waals surface area (Å²) in [6, 6.07) is 5.02. The second-order valence-corrected chi connectivity index (χ2v) is 3.83. The van der Waals surface area contributed by atoms with Crippen LogP contribution in [0.15, 0.2) is 24.3 Å². The average Bonchev–Trinajstić information content (AvgIpc) is 2.02. The summed E-state index contributed by atoms with van der Waals surface area (Å²) in [5, 5.41) is 0.449. The molecular formula is C10H12ClF2N. The van der Waals surface area contributed by atoms with Gasteiger partial charge in [-0.3, -0.25) is 0 Å². The van der Waals surface area contributed by atoms with E-state index >= 15 is 0 Å². The minimum Gasteiger partial charge on any atom is -0.328 e. The molecule has 0 aliphatic carbocycles. The molecule has 0 saturated heterocycles. The quantitative estimate of drug-likeness (QED) is 0.830. The fourth-order valence-corrected chi connectivity index (χ4v) is 1.34. The van der Waals surface area contributed by atoms with E-state index in [1.807, 2.05) is 0 Å². The van der Waals surface area contributed by atoms with Gasteiger partial charge in [-0.05, 0) is 19.1 Å². The molecule has 78 valence electrons. The lowest BCUT2D eigenvalue weighted by Crippen LogP contribution is -2.26. The van der Waals surface area contributed by atoms with Crippen molar-refractivity contribution in [2.75, 3.05) is 0 Å². The van der Waals surface area contributed by atoms with Crippen LogP contribution in [0.5, 0.6) is 0 Å². The van der Waals surface area contributed by atoms with Crippen LogP contribution in [0.3, 0.4) is 0 Å². The van der Waals surface area contributed by atoms with E-state index in [1.54, 1.807) is 6.92 Å². The molecule has 0 aromatic heterocycles. The van der Waals surface area contributed by atoms with Gasteiger partial charge in [-0.15, -0.1) is 0 Å². The topological polar surface area (TPSA) is 26.0 Å². The Kier molecular flexibility index (Phi) is 3.45. The summed E-state index contributed by atoms with van der Waals surface area (Å²) in [4.78, 5) is 0. The van der Waals surface area contributed by atoms with Crippen LogP contribution in [0.2, 0.25) is 5.02 Å². The number of hydrogen-bond donors (Lipinski definition) is 1. The second-order valence-electron chi connectivity index (χ2n) is 3.39. The van der Waals surface area contributed by atoms with Gasteiger partial charge in [0.1, 0.15) is 0 Å². The summed E-state index contributed by atoms with van der Waals surface area (Å²) < 4.78 is 26.8. The third kappa shape index (κ3) is 2.93. The second kappa shape index (κ2) is 4.24. The number of benzene rings is 1. The van der Waals surface area contributed by atoms with E-state index in [4.69, 9.17) is 17.3 Å². The highest BCUT2D eigenvalue weighted by Crippen LogP contribution is 2.32. The van der Waals surface area contributed by atoms with Gasteiger partial charge in [0.2, 0.25) is 0 Å². The van der Waals surface area contributed by atoms with E-state index in [-0.39, 0.29) is 12.0 Å². The summed E-state index contributed by atoms with van der Waals surface area (Å²) in [6.45, 7) is 1.56. The van der Waals surface area contributed by atoms with Crippen LogP contribution in [0.1, 0.15) is 18.9 Å². The summed E-state index contributed by atoms with van der Waals surface area (Å²) in [5.41, 5.74) is 5.30. The molecule has 1 nitrogen and oxygen atoms in total. The summed E-state index contributed by atoms with van der Waals surface area (Å²) in [5.74, 6) is -2.88. The maximum atomic E-state index is 13.4. The molecule has 2 N–H and O–H groups in total. The van der Waals surface area contributed by atoms with Crippen LogP contribution in [0, 0.1) is 0 Å². The summed E-state index contributed by atoms with van der Waals surface area (Å²) >= 11 is 5.60. The fraction of sp³-hybridized carbons (Fsp3) is 0.400. The van der Waals surface area contributed by atoms with Gasteiger partial charge in [0.05, 0.1) is 0 Å². The maximum Gasteiger partial charge on any atom is 0.274 e. The van der Waals surface area contributed by atoms with Crippen LogP contribution < -0.4 is 5.73 Å². The minimum absolute atomic E-state index is 0.0424. The Morgan fingerprint density at radius 2 is 1.86 bits per heavy atom. The Labute approximate surface area is 86.9 Å². The normalized spacial score (nSPS) is 14.1. The van der Waals surface area contributed by atoms with Crippen molar-refractivity contribution >= 4 is 11.6 Å². The van der Waals surface area contributed by atoms with Gasteiger partial charge in [-0.2, -0.15) is 0 Å². The molecule has 1 unspecified atom stereocenters. The predicted molar refractivity (Wildman–Crippen MR) is 53.6 cm³/mol. The van der Waals surface area contributed by atoms with Crippen molar-refractivity contribution in [1.82, 2.24) is 0 Å². The SMILES string of the molecule is CC(N)CC(F)(F)c1ccc(Cl)cc1. The molecule has 0 fully saturated rings. The zero-order chi connectivity index (χ0) is 10.8. The first-order valence-electron chi connectivity index (χ1n) is 4.31. The van der Waals surface area contributed by atoms with Crippen molar-refractivity contribution in [2.45, 2.75) is 25.3 Å². The Bertz CT molecular complexity index is 295. The van der Waals surface area contributed by atoms with Gasteiger partial charge in [0.25, 0.3) is 5.92 Å². The largest absolute Gasteiger partial charge is 0.328 e. The van der Waals surface area contributed by atoms with Crippen molar-refractivity contribution in [3.8, 4) is 0 Å². The molecule has 4 heteroatoms. The molecule has 1 atom stereocenters. The maximum absolute atomic E-state index is 13.4. The van der Waals surface area contributed by atoms with Gasteiger partial charge in [-0.1, -0.05) is 23.7 Å². The molecule has 0 spiro atoms. The number of hydrogen-bond acceptors (Lipinski definition) is 1. The number of alkyl halides is 2. The van der Waals surface area contributed by atoms with E-state index in [9.17, 15) is 8.78 Å². The number of nitrogens with two attached hydrogens (primary N) is 1. The lowest BCUT2D eigenvalue weighted by Gasteiger charge is -2.18. The molecule has 0 bridgehead atoms. The highest BCUT2D eigenvalue weighted by molar-refractivity contribution is 6.30. The summed E-state index contributed by atoms with van der Waals surface area (Å²) in [6.07, 6.45) is -0.353. The van der Waals surface area contributed by atoms with Crippen molar-refractivity contribution in [3.05, 3.63) is 34.9 Å². The molecule has 0 aliphatic heterocycles. The van der Waals surface area contributed by atoms with Gasteiger partial charge in [0, 0.05) is 23.0 Å². The number of rotatable bonds is 3. The van der Waals surface area contributed by atoms with Crippen LogP contribution >= 0.6 is 11.6 Å². The summed E-state index contributed by atoms with van der Waals surface area (Å²) in [7, 11) is 0. The zero-order valence-electron chi connectivity index (χ0n) is 7.81. The van der Waals surface area contributed by atoms with Crippen LogP contribution in [0.25, 0.3) is 0 Å². The molecule has 14 heavy (non-hydrogen) atoms. The predicted octanol–water partition coefficient (Wildman–Crippen LogP) is 3.17. The van der Waals surface area contributed by atoms with Gasteiger partial charge in [-0.25, -0.2) is 8.78 Å². The fourth-order valence-electron chi connectivity index (χ4n) is 1.22. The standard InChI is InChI=1S/C10H12ClF2N/c1-7(14)6-10(12,13)8-2-4-9(11)5-3-8/h2-5,7H,6,14H2,1H3. The Morgan fingerprint density at radius 3 is 2.29 bits per heavy atom. The highest BCUT2D eigenvalue weighted by atomic mass is 35.5. The molecule has 1 aromatic carbocycles. The van der Waals surface area contributed by atoms with E-state index in [0.29, 0.717) is 5.02 Å². The lowest BCUT2D eigenvalue weighted by atomic mass is 10.0. The third-order valence-corrected chi connectivity index (χ3v) is 2.10. The first-order valence-corrected chi connectivity index (χ1v) is 4.69. The minimum atomic E-state index is -2.88. The van der Waals surface area contributed by atoms with Crippen LogP contribution in [-0.4, -0.2) is 6.04 Å². The first kappa shape index (κ1) is 11.4. The van der Waals surface area contributed by atoms with Crippen molar-refractivity contribution in [2.24, 2.45) is 5.73 Å². The monoisotopic (exact) mass is 219 g/mol. The smallest absolute Gasteiger partial charge is 0.274 e. The molecule has 1 rings (SSSR count). The first-order chi connectivity index (χ1) is 6.42. The van der Waals surface area contributed by atoms with Crippen LogP contribution in [-0.2, 0) is 5.92 Å². The molecule has 0 saturated carbocycles. The zero-order valence-corrected chi connectivity index (χ0v) is 8.56. The van der Waals surface area contributed by atoms with Crippen molar-refractivity contribution in [1.29, 1.82) is 0 Å². The van der Waals surface area contributed by atoms with E-state index in [2.05, 4.69) is 0 Å². The Morgan fingerprint density at radius 1 is 1.36 bits per heavy atom. The molecule has 0 heterocycles. The molecule has 0 amide bonds. The lowest BCUT2D eigenvalue weighted by molar-refractivity contribution is -0.0181.